The maximum Gasteiger partial charge on any atom is 0.185 e. The van der Waals surface area contributed by atoms with Gasteiger partial charge >= 0.3 is 0 Å². The van der Waals surface area contributed by atoms with Crippen molar-refractivity contribution in [2.75, 3.05) is 12.4 Å². The molecule has 1 aromatic heterocycles. The Morgan fingerprint density at radius 3 is 2.18 bits per heavy atom. The standard InChI is InChI=1S/C29H22N2O3/c1-34-28-18-19(11-17-27(28)33)10-16-26(32)20-12-14-21(15-13-20)30-29-22-6-2-4-8-24(22)31-25-9-5-3-7-23(25)29/h2-18,33H,1H3,(H,30,31)/b16-10+. The van der Waals surface area contributed by atoms with Gasteiger partial charge < -0.3 is 15.2 Å². The quantitative estimate of drug-likeness (QED) is 0.172. The number of aromatic nitrogens is 1. The summed E-state index contributed by atoms with van der Waals surface area (Å²) in [5.41, 5.74) is 5.06. The lowest BCUT2D eigenvalue weighted by atomic mass is 10.1. The van der Waals surface area contributed by atoms with Crippen LogP contribution in [-0.2, 0) is 0 Å². The molecule has 1 heterocycles. The maximum atomic E-state index is 12.7. The molecule has 0 bridgehead atoms. The van der Waals surface area contributed by atoms with E-state index in [0.717, 1.165) is 38.7 Å². The zero-order chi connectivity index (χ0) is 23.5. The topological polar surface area (TPSA) is 71.5 Å². The van der Waals surface area contributed by atoms with Gasteiger partial charge in [-0.2, -0.15) is 0 Å². The molecule has 5 rings (SSSR count). The predicted molar refractivity (Wildman–Crippen MR) is 137 cm³/mol. The SMILES string of the molecule is COc1cc(/C=C/C(=O)c2ccc(Nc3c4ccccc4nc4ccccc34)cc2)ccc1O. The number of nitrogens with zero attached hydrogens (tertiary/aromatic N) is 1. The molecule has 34 heavy (non-hydrogen) atoms. The molecule has 5 nitrogen and oxygen atoms in total. The van der Waals surface area contributed by atoms with Crippen molar-refractivity contribution in [2.24, 2.45) is 0 Å². The van der Waals surface area contributed by atoms with Crippen LogP contribution in [0.4, 0.5) is 11.4 Å². The lowest BCUT2D eigenvalue weighted by molar-refractivity contribution is 0.104. The monoisotopic (exact) mass is 446 g/mol. The summed E-state index contributed by atoms with van der Waals surface area (Å²) < 4.78 is 5.11. The third kappa shape index (κ3) is 4.19. The number of hydrogen-bond acceptors (Lipinski definition) is 5. The molecular formula is C29H22N2O3. The minimum Gasteiger partial charge on any atom is -0.504 e. The van der Waals surface area contributed by atoms with Crippen LogP contribution in [0.15, 0.2) is 97.1 Å². The van der Waals surface area contributed by atoms with Gasteiger partial charge in [0.1, 0.15) is 0 Å². The summed E-state index contributed by atoms with van der Waals surface area (Å²) >= 11 is 0. The molecule has 5 heteroatoms. The lowest BCUT2D eigenvalue weighted by Crippen LogP contribution is -1.97. The van der Waals surface area contributed by atoms with Gasteiger partial charge in [0, 0.05) is 22.0 Å². The third-order valence-electron chi connectivity index (χ3n) is 5.66. The van der Waals surface area contributed by atoms with E-state index >= 15 is 0 Å². The summed E-state index contributed by atoms with van der Waals surface area (Å²) in [5, 5.41) is 15.3. The van der Waals surface area contributed by atoms with E-state index in [9.17, 15) is 9.90 Å². The first-order valence-electron chi connectivity index (χ1n) is 10.9. The van der Waals surface area contributed by atoms with E-state index < -0.39 is 0 Å². The highest BCUT2D eigenvalue weighted by Crippen LogP contribution is 2.33. The molecule has 0 unspecified atom stereocenters. The number of rotatable bonds is 6. The van der Waals surface area contributed by atoms with E-state index in [1.807, 2.05) is 48.5 Å². The molecule has 166 valence electrons. The van der Waals surface area contributed by atoms with Gasteiger partial charge in [-0.05, 0) is 60.2 Å². The largest absolute Gasteiger partial charge is 0.504 e. The number of ether oxygens (including phenoxy) is 1. The molecule has 0 saturated heterocycles. The number of carbonyl (C=O) groups is 1. The molecule has 0 fully saturated rings. The summed E-state index contributed by atoms with van der Waals surface area (Å²) in [6.07, 6.45) is 3.21. The smallest absolute Gasteiger partial charge is 0.185 e. The zero-order valence-electron chi connectivity index (χ0n) is 18.5. The molecule has 0 spiro atoms. The van der Waals surface area contributed by atoms with Crippen molar-refractivity contribution in [2.45, 2.75) is 0 Å². The Balaban J connectivity index is 1.40. The number of hydrogen-bond donors (Lipinski definition) is 2. The summed E-state index contributed by atoms with van der Waals surface area (Å²) in [5.74, 6) is 0.309. The fraction of sp³-hybridized carbons (Fsp3) is 0.0345. The molecule has 0 aliphatic carbocycles. The van der Waals surface area contributed by atoms with Crippen LogP contribution in [0.2, 0.25) is 0 Å². The fourth-order valence-electron chi connectivity index (χ4n) is 3.90. The Bertz CT molecular complexity index is 1490. The molecule has 0 amide bonds. The molecule has 0 atom stereocenters. The molecule has 0 aliphatic rings. The number of para-hydroxylation sites is 2. The Morgan fingerprint density at radius 2 is 1.53 bits per heavy atom. The van der Waals surface area contributed by atoms with E-state index in [1.54, 1.807) is 30.3 Å². The van der Waals surface area contributed by atoms with E-state index in [1.165, 1.54) is 19.3 Å². The van der Waals surface area contributed by atoms with Crippen LogP contribution in [0, 0.1) is 0 Å². The van der Waals surface area contributed by atoms with E-state index in [0.29, 0.717) is 11.3 Å². The average molecular weight is 447 g/mol. The molecule has 2 N–H and O–H groups in total. The Hall–Kier alpha value is -4.64. The number of aromatic hydroxyl groups is 1. The maximum absolute atomic E-state index is 12.7. The highest BCUT2D eigenvalue weighted by molar-refractivity contribution is 6.09. The van der Waals surface area contributed by atoms with Crippen LogP contribution >= 0.6 is 0 Å². The van der Waals surface area contributed by atoms with Gasteiger partial charge in [0.25, 0.3) is 0 Å². The second-order valence-electron chi connectivity index (χ2n) is 7.85. The van der Waals surface area contributed by atoms with Crippen molar-refractivity contribution in [1.82, 2.24) is 4.98 Å². The highest BCUT2D eigenvalue weighted by atomic mass is 16.5. The summed E-state index contributed by atoms with van der Waals surface area (Å²) in [4.78, 5) is 17.4. The number of methoxy groups -OCH3 is 1. The molecule has 0 aliphatic heterocycles. The molecule has 0 saturated carbocycles. The number of ketones is 1. The van der Waals surface area contributed by atoms with Gasteiger partial charge in [-0.25, -0.2) is 4.98 Å². The first kappa shape index (κ1) is 21.2. The summed E-state index contributed by atoms with van der Waals surface area (Å²) in [6, 6.07) is 28.4. The van der Waals surface area contributed by atoms with Gasteiger partial charge in [0.15, 0.2) is 17.3 Å². The second-order valence-corrected chi connectivity index (χ2v) is 7.85. The minimum atomic E-state index is -0.113. The number of fused-ring (bicyclic) bond motifs is 2. The number of carbonyl (C=O) groups excluding carboxylic acids is 1. The molecule has 4 aromatic carbocycles. The number of anilines is 2. The molecule has 0 radical (unpaired) electrons. The lowest BCUT2D eigenvalue weighted by Gasteiger charge is -2.13. The van der Waals surface area contributed by atoms with Gasteiger partial charge in [0.2, 0.25) is 0 Å². The zero-order valence-corrected chi connectivity index (χ0v) is 18.5. The van der Waals surface area contributed by atoms with Crippen molar-refractivity contribution >= 4 is 45.0 Å². The van der Waals surface area contributed by atoms with Gasteiger partial charge in [-0.15, -0.1) is 0 Å². The number of phenols is 1. The first-order chi connectivity index (χ1) is 16.6. The number of nitrogens with one attached hydrogen (secondary N) is 1. The number of phenolic OH excluding ortho intramolecular Hbond substituents is 1. The molecule has 5 aromatic rings. The Kier molecular flexibility index (Phi) is 5.67. The van der Waals surface area contributed by atoms with Crippen LogP contribution < -0.4 is 10.1 Å². The normalized spacial score (nSPS) is 11.2. The third-order valence-corrected chi connectivity index (χ3v) is 5.66. The first-order valence-corrected chi connectivity index (χ1v) is 10.9. The average Bonchev–Trinajstić information content (AvgIpc) is 2.88. The fourth-order valence-corrected chi connectivity index (χ4v) is 3.90. The van der Waals surface area contributed by atoms with Crippen molar-refractivity contribution in [3.8, 4) is 11.5 Å². The molecular weight excluding hydrogens is 424 g/mol. The second kappa shape index (κ2) is 9.08. The number of pyridine rings is 1. The number of allylic oxidation sites excluding steroid dienone is 1. The highest BCUT2D eigenvalue weighted by Gasteiger charge is 2.10. The van der Waals surface area contributed by atoms with Crippen LogP contribution in [0.25, 0.3) is 27.9 Å². The van der Waals surface area contributed by atoms with Crippen LogP contribution in [0.3, 0.4) is 0 Å². The van der Waals surface area contributed by atoms with Crippen molar-refractivity contribution in [3.63, 3.8) is 0 Å². The van der Waals surface area contributed by atoms with Crippen LogP contribution in [-0.4, -0.2) is 23.0 Å². The van der Waals surface area contributed by atoms with E-state index in [4.69, 9.17) is 9.72 Å². The number of benzene rings is 4. The van der Waals surface area contributed by atoms with Gasteiger partial charge in [0.05, 0.1) is 23.8 Å². The van der Waals surface area contributed by atoms with Crippen LogP contribution in [0.1, 0.15) is 15.9 Å². The van der Waals surface area contributed by atoms with Gasteiger partial charge in [-0.1, -0.05) is 48.5 Å². The van der Waals surface area contributed by atoms with Crippen molar-refractivity contribution in [1.29, 1.82) is 0 Å². The van der Waals surface area contributed by atoms with Crippen molar-refractivity contribution < 1.29 is 14.6 Å². The minimum absolute atomic E-state index is 0.0591. The Labute approximate surface area is 197 Å². The van der Waals surface area contributed by atoms with Crippen molar-refractivity contribution in [3.05, 3.63) is 108 Å². The van der Waals surface area contributed by atoms with Crippen LogP contribution in [0.5, 0.6) is 11.5 Å². The van der Waals surface area contributed by atoms with E-state index in [2.05, 4.69) is 17.4 Å². The van der Waals surface area contributed by atoms with E-state index in [-0.39, 0.29) is 11.5 Å². The van der Waals surface area contributed by atoms with Gasteiger partial charge in [-0.3, -0.25) is 4.79 Å². The summed E-state index contributed by atoms with van der Waals surface area (Å²) in [7, 11) is 1.49. The summed E-state index contributed by atoms with van der Waals surface area (Å²) in [6.45, 7) is 0. The Morgan fingerprint density at radius 1 is 0.882 bits per heavy atom. The predicted octanol–water partition coefficient (Wildman–Crippen LogP) is 6.74.